The molecule has 1 aromatic rings. The molecule has 5 nitrogen and oxygen atoms in total. The van der Waals surface area contributed by atoms with Crippen LogP contribution in [-0.4, -0.2) is 27.4 Å². The van der Waals surface area contributed by atoms with Crippen molar-refractivity contribution in [3.63, 3.8) is 0 Å². The molecule has 1 aromatic heterocycles. The van der Waals surface area contributed by atoms with Crippen LogP contribution in [0.1, 0.15) is 38.8 Å². The van der Waals surface area contributed by atoms with Crippen molar-refractivity contribution in [3.05, 3.63) is 11.9 Å². The molecule has 0 radical (unpaired) electrons. The topological polar surface area (TPSA) is 59.8 Å². The van der Waals surface area contributed by atoms with Gasteiger partial charge in [0.05, 0.1) is 5.69 Å². The summed E-state index contributed by atoms with van der Waals surface area (Å²) in [7, 11) is 0. The number of aryl methyl sites for hydroxylation is 2. The van der Waals surface area contributed by atoms with Crippen molar-refractivity contribution in [1.29, 1.82) is 0 Å². The Hall–Kier alpha value is -1.39. The average Bonchev–Trinajstić information content (AvgIpc) is 2.69. The molecule has 0 spiro atoms. The van der Waals surface area contributed by atoms with E-state index in [2.05, 4.69) is 22.6 Å². The molecule has 1 heterocycles. The number of rotatable bonds is 7. The van der Waals surface area contributed by atoms with Crippen LogP contribution in [0, 0.1) is 0 Å². The van der Waals surface area contributed by atoms with Crippen LogP contribution in [0.4, 0.5) is 0 Å². The van der Waals surface area contributed by atoms with Gasteiger partial charge in [0.2, 0.25) is 5.91 Å². The second-order valence-electron chi connectivity index (χ2n) is 3.91. The lowest BCUT2D eigenvalue weighted by molar-refractivity contribution is -0.118. The van der Waals surface area contributed by atoms with Gasteiger partial charge in [0.25, 0.3) is 0 Å². The molecule has 0 aliphatic heterocycles. The van der Waals surface area contributed by atoms with Gasteiger partial charge < -0.3 is 5.32 Å². The van der Waals surface area contributed by atoms with Crippen LogP contribution in [0.15, 0.2) is 6.20 Å². The summed E-state index contributed by atoms with van der Waals surface area (Å²) in [5, 5.41) is 10.9. The van der Waals surface area contributed by atoms with Gasteiger partial charge in [0.15, 0.2) is 0 Å². The quantitative estimate of drug-likeness (QED) is 0.707. The fraction of sp³-hybridized carbons (Fsp3) is 0.727. The minimum absolute atomic E-state index is 0.0159. The molecule has 5 heteroatoms. The van der Waals surface area contributed by atoms with Gasteiger partial charge in [0.1, 0.15) is 0 Å². The molecular weight excluding hydrogens is 204 g/mol. The van der Waals surface area contributed by atoms with Crippen molar-refractivity contribution >= 4 is 5.91 Å². The number of hydrogen-bond donors (Lipinski definition) is 1. The number of hydrogen-bond acceptors (Lipinski definition) is 3. The van der Waals surface area contributed by atoms with E-state index in [0.717, 1.165) is 31.5 Å². The highest BCUT2D eigenvalue weighted by Crippen LogP contribution is 2.00. The van der Waals surface area contributed by atoms with Gasteiger partial charge in [-0.3, -0.25) is 9.48 Å². The van der Waals surface area contributed by atoms with Gasteiger partial charge in [-0.25, -0.2) is 0 Å². The third kappa shape index (κ3) is 4.91. The van der Waals surface area contributed by atoms with Gasteiger partial charge in [-0.2, -0.15) is 0 Å². The number of amides is 1. The normalized spacial score (nSPS) is 10.4. The summed E-state index contributed by atoms with van der Waals surface area (Å²) in [5.74, 6) is 0.0159. The Morgan fingerprint density at radius 3 is 3.00 bits per heavy atom. The van der Waals surface area contributed by atoms with Crippen molar-refractivity contribution in [3.8, 4) is 0 Å². The molecule has 0 aliphatic carbocycles. The lowest BCUT2D eigenvalue weighted by Crippen LogP contribution is -2.22. The highest BCUT2D eigenvalue weighted by atomic mass is 16.1. The van der Waals surface area contributed by atoms with Crippen molar-refractivity contribution in [2.24, 2.45) is 0 Å². The second-order valence-corrected chi connectivity index (χ2v) is 3.91. The maximum absolute atomic E-state index is 10.6. The molecule has 0 unspecified atom stereocenters. The highest BCUT2D eigenvalue weighted by Gasteiger charge is 2.00. The number of carbonyl (C=O) groups is 1. The van der Waals surface area contributed by atoms with Crippen molar-refractivity contribution in [2.75, 3.05) is 6.54 Å². The third-order valence-corrected chi connectivity index (χ3v) is 2.31. The van der Waals surface area contributed by atoms with Crippen molar-refractivity contribution in [2.45, 2.75) is 46.1 Å². The molecule has 1 amide bonds. The molecule has 0 aliphatic rings. The first-order valence-electron chi connectivity index (χ1n) is 5.86. The summed E-state index contributed by atoms with van der Waals surface area (Å²) < 4.78 is 1.84. The van der Waals surface area contributed by atoms with Crippen LogP contribution < -0.4 is 5.32 Å². The lowest BCUT2D eigenvalue weighted by Gasteiger charge is -2.01. The van der Waals surface area contributed by atoms with E-state index in [9.17, 15) is 4.79 Å². The van der Waals surface area contributed by atoms with Crippen LogP contribution in [-0.2, 0) is 17.8 Å². The van der Waals surface area contributed by atoms with E-state index in [-0.39, 0.29) is 5.91 Å². The zero-order chi connectivity index (χ0) is 11.8. The monoisotopic (exact) mass is 224 g/mol. The SMILES string of the molecule is CCCCc1cn(CCCNC(C)=O)nn1. The highest BCUT2D eigenvalue weighted by molar-refractivity contribution is 5.72. The largest absolute Gasteiger partial charge is 0.356 e. The zero-order valence-corrected chi connectivity index (χ0v) is 10.1. The van der Waals surface area contributed by atoms with E-state index in [0.29, 0.717) is 6.54 Å². The lowest BCUT2D eigenvalue weighted by atomic mass is 10.2. The number of carbonyl (C=O) groups excluding carboxylic acids is 1. The van der Waals surface area contributed by atoms with Gasteiger partial charge in [-0.15, -0.1) is 5.10 Å². The number of unbranched alkanes of at least 4 members (excludes halogenated alkanes) is 1. The van der Waals surface area contributed by atoms with Gasteiger partial charge in [-0.1, -0.05) is 18.6 Å². The van der Waals surface area contributed by atoms with Crippen LogP contribution in [0.25, 0.3) is 0 Å². The molecule has 0 fully saturated rings. The molecular formula is C11H20N4O. The number of nitrogens with zero attached hydrogens (tertiary/aromatic N) is 3. The summed E-state index contributed by atoms with van der Waals surface area (Å²) in [5.41, 5.74) is 1.06. The van der Waals surface area contributed by atoms with Crippen molar-refractivity contribution < 1.29 is 4.79 Å². The number of aromatic nitrogens is 3. The third-order valence-electron chi connectivity index (χ3n) is 2.31. The first-order chi connectivity index (χ1) is 7.72. The number of nitrogens with one attached hydrogen (secondary N) is 1. The molecule has 1 rings (SSSR count). The van der Waals surface area contributed by atoms with Gasteiger partial charge >= 0.3 is 0 Å². The molecule has 0 saturated carbocycles. The van der Waals surface area contributed by atoms with E-state index >= 15 is 0 Å². The molecule has 0 atom stereocenters. The molecule has 1 N–H and O–H groups in total. The van der Waals surface area contributed by atoms with E-state index in [1.807, 2.05) is 10.9 Å². The van der Waals surface area contributed by atoms with E-state index in [1.165, 1.54) is 13.3 Å². The van der Waals surface area contributed by atoms with Gasteiger partial charge in [0, 0.05) is 26.2 Å². The Kier molecular flexibility index (Phi) is 5.53. The predicted octanol–water partition coefficient (Wildman–Crippen LogP) is 1.15. The van der Waals surface area contributed by atoms with Crippen LogP contribution >= 0.6 is 0 Å². The first-order valence-corrected chi connectivity index (χ1v) is 5.86. The summed E-state index contributed by atoms with van der Waals surface area (Å²) >= 11 is 0. The van der Waals surface area contributed by atoms with E-state index in [4.69, 9.17) is 0 Å². The minimum atomic E-state index is 0.0159. The first kappa shape index (κ1) is 12.7. The Bertz CT molecular complexity index is 322. The van der Waals surface area contributed by atoms with Crippen LogP contribution in [0.5, 0.6) is 0 Å². The predicted molar refractivity (Wildman–Crippen MR) is 61.9 cm³/mol. The average molecular weight is 224 g/mol. The maximum Gasteiger partial charge on any atom is 0.216 e. The van der Waals surface area contributed by atoms with E-state index < -0.39 is 0 Å². The smallest absolute Gasteiger partial charge is 0.216 e. The minimum Gasteiger partial charge on any atom is -0.356 e. The standard InChI is InChI=1S/C11H20N4O/c1-3-4-6-11-9-15(14-13-11)8-5-7-12-10(2)16/h9H,3-8H2,1-2H3,(H,12,16). The second kappa shape index (κ2) is 6.98. The van der Waals surface area contributed by atoms with Crippen LogP contribution in [0.2, 0.25) is 0 Å². The maximum atomic E-state index is 10.6. The molecule has 0 aromatic carbocycles. The van der Waals surface area contributed by atoms with E-state index in [1.54, 1.807) is 0 Å². The Labute approximate surface area is 96.2 Å². The van der Waals surface area contributed by atoms with Gasteiger partial charge in [-0.05, 0) is 19.3 Å². The molecule has 0 saturated heterocycles. The zero-order valence-electron chi connectivity index (χ0n) is 10.1. The fourth-order valence-electron chi connectivity index (χ4n) is 1.43. The molecule has 90 valence electrons. The summed E-state index contributed by atoms with van der Waals surface area (Å²) in [6.45, 7) is 5.19. The molecule has 0 bridgehead atoms. The van der Waals surface area contributed by atoms with Crippen LogP contribution in [0.3, 0.4) is 0 Å². The van der Waals surface area contributed by atoms with Crippen molar-refractivity contribution in [1.82, 2.24) is 20.3 Å². The summed E-state index contributed by atoms with van der Waals surface area (Å²) in [4.78, 5) is 10.6. The summed E-state index contributed by atoms with van der Waals surface area (Å²) in [6.07, 6.45) is 6.21. The Morgan fingerprint density at radius 1 is 1.50 bits per heavy atom. The summed E-state index contributed by atoms with van der Waals surface area (Å²) in [6, 6.07) is 0. The Balaban J connectivity index is 2.21. The molecule has 16 heavy (non-hydrogen) atoms. The Morgan fingerprint density at radius 2 is 2.31 bits per heavy atom. The fourth-order valence-corrected chi connectivity index (χ4v) is 1.43.